The lowest BCUT2D eigenvalue weighted by molar-refractivity contribution is 0.0694. The van der Waals surface area contributed by atoms with Crippen LogP contribution in [0.15, 0.2) is 18.2 Å². The molecule has 0 aromatic heterocycles. The Balaban J connectivity index is 0.00000121. The van der Waals surface area contributed by atoms with Crippen molar-refractivity contribution in [3.8, 4) is 5.75 Å². The first-order valence-electron chi connectivity index (χ1n) is 3.14. The minimum Gasteiger partial charge on any atom is -0.507 e. The van der Waals surface area contributed by atoms with Gasteiger partial charge in [0.15, 0.2) is 0 Å². The molecule has 0 spiro atoms. The number of carbonyl (C=O) groups is 1. The van der Waals surface area contributed by atoms with Gasteiger partial charge in [0.1, 0.15) is 11.3 Å². The summed E-state index contributed by atoms with van der Waals surface area (Å²) in [6, 6.07) is 4.44. The molecular formula is C9H12O3. The zero-order valence-corrected chi connectivity index (χ0v) is 6.03. The molecule has 0 unspecified atom stereocenters. The standard InChI is InChI=1S/C8H8O3.CH4/c1-5-2-3-6(8(10)11)7(9)4-5;/h2-4,9H,1H3,(H,10,11);1H4. The Morgan fingerprint density at radius 3 is 2.42 bits per heavy atom. The van der Waals surface area contributed by atoms with Crippen LogP contribution in [0, 0.1) is 6.92 Å². The zero-order valence-electron chi connectivity index (χ0n) is 6.03. The van der Waals surface area contributed by atoms with Crippen molar-refractivity contribution in [3.05, 3.63) is 29.3 Å². The summed E-state index contributed by atoms with van der Waals surface area (Å²) in [6.45, 7) is 1.78. The second kappa shape index (κ2) is 3.76. The van der Waals surface area contributed by atoms with Gasteiger partial charge < -0.3 is 10.2 Å². The third-order valence-corrected chi connectivity index (χ3v) is 1.38. The third-order valence-electron chi connectivity index (χ3n) is 1.38. The number of hydrogen-bond acceptors (Lipinski definition) is 2. The number of hydrogen-bond donors (Lipinski definition) is 2. The minimum absolute atomic E-state index is 0. The van der Waals surface area contributed by atoms with Crippen LogP contribution in [0.1, 0.15) is 23.3 Å². The van der Waals surface area contributed by atoms with Gasteiger partial charge in [-0.1, -0.05) is 13.5 Å². The first-order chi connectivity index (χ1) is 5.11. The first kappa shape index (κ1) is 10.5. The molecule has 2 N–H and O–H groups in total. The van der Waals surface area contributed by atoms with E-state index in [4.69, 9.17) is 10.2 Å². The van der Waals surface area contributed by atoms with Gasteiger partial charge in [0.05, 0.1) is 0 Å². The van der Waals surface area contributed by atoms with Gasteiger partial charge in [-0.25, -0.2) is 4.79 Å². The summed E-state index contributed by atoms with van der Waals surface area (Å²) in [7, 11) is 0. The number of rotatable bonds is 1. The summed E-state index contributed by atoms with van der Waals surface area (Å²) < 4.78 is 0. The molecule has 0 atom stereocenters. The van der Waals surface area contributed by atoms with Crippen molar-refractivity contribution < 1.29 is 15.0 Å². The molecular weight excluding hydrogens is 156 g/mol. The Morgan fingerprint density at radius 1 is 1.42 bits per heavy atom. The molecule has 0 saturated carbocycles. The maximum Gasteiger partial charge on any atom is 0.339 e. The van der Waals surface area contributed by atoms with Gasteiger partial charge in [-0.3, -0.25) is 0 Å². The fourth-order valence-electron chi connectivity index (χ4n) is 0.823. The monoisotopic (exact) mass is 168 g/mol. The van der Waals surface area contributed by atoms with Crippen LogP contribution in [0.2, 0.25) is 0 Å². The predicted octanol–water partition coefficient (Wildman–Crippen LogP) is 2.03. The van der Waals surface area contributed by atoms with E-state index in [1.54, 1.807) is 13.0 Å². The normalized spacial score (nSPS) is 8.75. The molecule has 0 radical (unpaired) electrons. The molecule has 1 rings (SSSR count). The average Bonchev–Trinajstić information content (AvgIpc) is 1.85. The number of carboxylic acid groups (broad SMARTS) is 1. The number of carboxylic acids is 1. The summed E-state index contributed by atoms with van der Waals surface area (Å²) >= 11 is 0. The smallest absolute Gasteiger partial charge is 0.339 e. The van der Waals surface area contributed by atoms with E-state index in [0.717, 1.165) is 5.56 Å². The van der Waals surface area contributed by atoms with E-state index in [1.165, 1.54) is 12.1 Å². The lowest BCUT2D eigenvalue weighted by Gasteiger charge is -1.98. The SMILES string of the molecule is C.Cc1ccc(C(=O)O)c(O)c1. The maximum absolute atomic E-state index is 10.4. The summed E-state index contributed by atoms with van der Waals surface area (Å²) in [5, 5.41) is 17.6. The highest BCUT2D eigenvalue weighted by molar-refractivity contribution is 5.90. The molecule has 0 aliphatic rings. The van der Waals surface area contributed by atoms with Crippen molar-refractivity contribution >= 4 is 5.97 Å². The Labute approximate surface area is 71.3 Å². The molecule has 3 heteroatoms. The van der Waals surface area contributed by atoms with Crippen LogP contribution in [0.3, 0.4) is 0 Å². The van der Waals surface area contributed by atoms with Crippen molar-refractivity contribution in [2.45, 2.75) is 14.4 Å². The predicted molar refractivity (Wildman–Crippen MR) is 46.5 cm³/mol. The van der Waals surface area contributed by atoms with Gasteiger partial charge in [0, 0.05) is 0 Å². The molecule has 0 bridgehead atoms. The number of aromatic hydroxyl groups is 1. The van der Waals surface area contributed by atoms with Crippen molar-refractivity contribution in [3.63, 3.8) is 0 Å². The molecule has 66 valence electrons. The quantitative estimate of drug-likeness (QED) is 0.674. The van der Waals surface area contributed by atoms with E-state index in [1.807, 2.05) is 0 Å². The van der Waals surface area contributed by atoms with Gasteiger partial charge in [-0.2, -0.15) is 0 Å². The molecule has 0 fully saturated rings. The van der Waals surface area contributed by atoms with Gasteiger partial charge in [-0.05, 0) is 24.6 Å². The number of benzene rings is 1. The highest BCUT2D eigenvalue weighted by Gasteiger charge is 2.07. The van der Waals surface area contributed by atoms with Gasteiger partial charge in [-0.15, -0.1) is 0 Å². The highest BCUT2D eigenvalue weighted by atomic mass is 16.4. The highest BCUT2D eigenvalue weighted by Crippen LogP contribution is 2.17. The van der Waals surface area contributed by atoms with Crippen LogP contribution in [0.4, 0.5) is 0 Å². The Bertz CT molecular complexity index is 292. The second-order valence-corrected chi connectivity index (χ2v) is 2.33. The largest absolute Gasteiger partial charge is 0.507 e. The van der Waals surface area contributed by atoms with E-state index >= 15 is 0 Å². The summed E-state index contributed by atoms with van der Waals surface area (Å²) in [6.07, 6.45) is 0. The molecule has 0 aliphatic heterocycles. The summed E-state index contributed by atoms with van der Waals surface area (Å²) in [5.41, 5.74) is 0.781. The zero-order chi connectivity index (χ0) is 8.43. The number of aryl methyl sites for hydroxylation is 1. The molecule has 1 aromatic rings. The van der Waals surface area contributed by atoms with E-state index in [0.29, 0.717) is 0 Å². The second-order valence-electron chi connectivity index (χ2n) is 2.33. The molecule has 1 aromatic carbocycles. The Morgan fingerprint density at radius 2 is 2.00 bits per heavy atom. The molecule has 0 saturated heterocycles. The van der Waals surface area contributed by atoms with Crippen LogP contribution in [0.5, 0.6) is 5.75 Å². The maximum atomic E-state index is 10.4. The van der Waals surface area contributed by atoms with E-state index in [9.17, 15) is 4.79 Å². The van der Waals surface area contributed by atoms with E-state index in [2.05, 4.69) is 0 Å². The van der Waals surface area contributed by atoms with Crippen LogP contribution in [0.25, 0.3) is 0 Å². The lowest BCUT2D eigenvalue weighted by atomic mass is 10.1. The van der Waals surface area contributed by atoms with Crippen LogP contribution in [-0.2, 0) is 0 Å². The first-order valence-corrected chi connectivity index (χ1v) is 3.14. The van der Waals surface area contributed by atoms with Gasteiger partial charge in [0.25, 0.3) is 0 Å². The molecule has 12 heavy (non-hydrogen) atoms. The molecule has 0 heterocycles. The fourth-order valence-corrected chi connectivity index (χ4v) is 0.823. The number of aromatic carboxylic acids is 1. The van der Waals surface area contributed by atoms with Gasteiger partial charge in [0.2, 0.25) is 0 Å². The lowest BCUT2D eigenvalue weighted by Crippen LogP contribution is -1.96. The van der Waals surface area contributed by atoms with Crippen molar-refractivity contribution in [2.24, 2.45) is 0 Å². The minimum atomic E-state index is -1.11. The molecule has 0 amide bonds. The summed E-state index contributed by atoms with van der Waals surface area (Å²) in [5.74, 6) is -1.29. The van der Waals surface area contributed by atoms with Crippen molar-refractivity contribution in [2.75, 3.05) is 0 Å². The van der Waals surface area contributed by atoms with Crippen LogP contribution < -0.4 is 0 Å². The molecule has 0 aliphatic carbocycles. The topological polar surface area (TPSA) is 57.5 Å². The van der Waals surface area contributed by atoms with Crippen LogP contribution >= 0.6 is 0 Å². The third kappa shape index (κ3) is 1.99. The van der Waals surface area contributed by atoms with Crippen molar-refractivity contribution in [1.29, 1.82) is 0 Å². The van der Waals surface area contributed by atoms with Gasteiger partial charge >= 0.3 is 5.97 Å². The average molecular weight is 168 g/mol. The molecule has 3 nitrogen and oxygen atoms in total. The summed E-state index contributed by atoms with van der Waals surface area (Å²) in [4.78, 5) is 10.4. The van der Waals surface area contributed by atoms with Crippen molar-refractivity contribution in [1.82, 2.24) is 0 Å². The number of phenols is 1. The van der Waals surface area contributed by atoms with E-state index < -0.39 is 5.97 Å². The Kier molecular flexibility index (Phi) is 3.29. The fraction of sp³-hybridized carbons (Fsp3) is 0.222. The Hall–Kier alpha value is -1.51. The van der Waals surface area contributed by atoms with Crippen LogP contribution in [-0.4, -0.2) is 16.2 Å². The van der Waals surface area contributed by atoms with E-state index in [-0.39, 0.29) is 18.7 Å².